The number of hydrogen-bond acceptors (Lipinski definition) is 3. The molecule has 3 rings (SSSR count). The lowest BCUT2D eigenvalue weighted by Gasteiger charge is -2.00. The van der Waals surface area contributed by atoms with Crippen molar-refractivity contribution in [2.24, 2.45) is 0 Å². The van der Waals surface area contributed by atoms with E-state index in [9.17, 15) is 0 Å². The van der Waals surface area contributed by atoms with Crippen LogP contribution in [-0.2, 0) is 0 Å². The number of fused-ring (bicyclic) bond motifs is 3. The standard InChI is InChI=1S/C12H9ClN2O/c1-6-7(2)16-9-4-3-8-11(10(6)9)12(13)15-5-14-8/h3-5H,1-2H3. The Labute approximate surface area is 97.1 Å². The lowest BCUT2D eigenvalue weighted by atomic mass is 10.1. The summed E-state index contributed by atoms with van der Waals surface area (Å²) in [5.74, 6) is 0.905. The average molecular weight is 233 g/mol. The van der Waals surface area contributed by atoms with E-state index in [-0.39, 0.29) is 0 Å². The van der Waals surface area contributed by atoms with Crippen LogP contribution in [0.4, 0.5) is 0 Å². The van der Waals surface area contributed by atoms with Gasteiger partial charge >= 0.3 is 0 Å². The van der Waals surface area contributed by atoms with Gasteiger partial charge in [-0.2, -0.15) is 0 Å². The second-order valence-corrected chi connectivity index (χ2v) is 4.14. The first-order valence-electron chi connectivity index (χ1n) is 4.97. The fraction of sp³-hybridized carbons (Fsp3) is 0.167. The van der Waals surface area contributed by atoms with E-state index < -0.39 is 0 Å². The topological polar surface area (TPSA) is 38.9 Å². The molecule has 0 amide bonds. The third-order valence-electron chi connectivity index (χ3n) is 2.89. The zero-order chi connectivity index (χ0) is 11.3. The summed E-state index contributed by atoms with van der Waals surface area (Å²) in [6.45, 7) is 3.96. The van der Waals surface area contributed by atoms with E-state index in [2.05, 4.69) is 9.97 Å². The SMILES string of the molecule is Cc1oc2ccc3ncnc(Cl)c3c2c1C. The average Bonchev–Trinajstić information content (AvgIpc) is 2.56. The number of rotatable bonds is 0. The largest absolute Gasteiger partial charge is 0.461 e. The van der Waals surface area contributed by atoms with Gasteiger partial charge in [0.1, 0.15) is 22.8 Å². The first-order chi connectivity index (χ1) is 7.68. The predicted molar refractivity (Wildman–Crippen MR) is 63.8 cm³/mol. The van der Waals surface area contributed by atoms with Gasteiger partial charge in [0.25, 0.3) is 0 Å². The Morgan fingerprint density at radius 1 is 1.12 bits per heavy atom. The minimum atomic E-state index is 0.472. The van der Waals surface area contributed by atoms with Gasteiger partial charge in [0.05, 0.1) is 5.52 Å². The molecule has 2 heterocycles. The number of nitrogens with zero attached hydrogens (tertiary/aromatic N) is 2. The molecule has 0 aliphatic rings. The van der Waals surface area contributed by atoms with Crippen molar-refractivity contribution in [3.63, 3.8) is 0 Å². The van der Waals surface area contributed by atoms with Crippen molar-refractivity contribution in [2.75, 3.05) is 0 Å². The van der Waals surface area contributed by atoms with Gasteiger partial charge in [0.2, 0.25) is 0 Å². The molecular formula is C12H9ClN2O. The van der Waals surface area contributed by atoms with Crippen molar-refractivity contribution >= 4 is 33.5 Å². The van der Waals surface area contributed by atoms with Gasteiger partial charge in [0.15, 0.2) is 0 Å². The van der Waals surface area contributed by atoms with Gasteiger partial charge in [-0.1, -0.05) is 11.6 Å². The van der Waals surface area contributed by atoms with Gasteiger partial charge in [-0.15, -0.1) is 0 Å². The van der Waals surface area contributed by atoms with Crippen LogP contribution >= 0.6 is 11.6 Å². The van der Waals surface area contributed by atoms with E-state index in [4.69, 9.17) is 16.0 Å². The Morgan fingerprint density at radius 3 is 2.75 bits per heavy atom. The smallest absolute Gasteiger partial charge is 0.141 e. The fourth-order valence-electron chi connectivity index (χ4n) is 1.97. The highest BCUT2D eigenvalue weighted by atomic mass is 35.5. The number of aromatic nitrogens is 2. The lowest BCUT2D eigenvalue weighted by molar-refractivity contribution is 0.575. The molecule has 0 unspecified atom stereocenters. The molecule has 0 aliphatic carbocycles. The summed E-state index contributed by atoms with van der Waals surface area (Å²) in [6.07, 6.45) is 1.47. The molecule has 0 bridgehead atoms. The number of aryl methyl sites for hydroxylation is 2. The third kappa shape index (κ3) is 1.15. The van der Waals surface area contributed by atoms with Crippen molar-refractivity contribution in [1.29, 1.82) is 0 Å². The second-order valence-electron chi connectivity index (χ2n) is 3.78. The number of benzene rings is 1. The van der Waals surface area contributed by atoms with Crippen LogP contribution in [0.25, 0.3) is 21.9 Å². The van der Waals surface area contributed by atoms with Crippen LogP contribution in [0.5, 0.6) is 0 Å². The molecule has 16 heavy (non-hydrogen) atoms. The summed E-state index contributed by atoms with van der Waals surface area (Å²) >= 11 is 6.12. The second kappa shape index (κ2) is 3.19. The van der Waals surface area contributed by atoms with Crippen LogP contribution in [0.15, 0.2) is 22.9 Å². The molecule has 0 spiro atoms. The number of halogens is 1. The normalized spacial score (nSPS) is 11.4. The molecule has 0 saturated heterocycles. The van der Waals surface area contributed by atoms with E-state index in [0.29, 0.717) is 5.15 Å². The summed E-state index contributed by atoms with van der Waals surface area (Å²) in [5, 5.41) is 2.36. The van der Waals surface area contributed by atoms with Crippen molar-refractivity contribution in [3.8, 4) is 0 Å². The van der Waals surface area contributed by atoms with Gasteiger partial charge in [0, 0.05) is 10.8 Å². The minimum absolute atomic E-state index is 0.472. The highest BCUT2D eigenvalue weighted by Crippen LogP contribution is 2.33. The van der Waals surface area contributed by atoms with Crippen LogP contribution in [0.1, 0.15) is 11.3 Å². The first-order valence-corrected chi connectivity index (χ1v) is 5.35. The molecule has 0 atom stereocenters. The van der Waals surface area contributed by atoms with Crippen LogP contribution in [0, 0.1) is 13.8 Å². The summed E-state index contributed by atoms with van der Waals surface area (Å²) in [4.78, 5) is 8.23. The zero-order valence-electron chi connectivity index (χ0n) is 8.91. The molecule has 2 aromatic heterocycles. The van der Waals surface area contributed by atoms with Crippen molar-refractivity contribution in [2.45, 2.75) is 13.8 Å². The number of hydrogen-bond donors (Lipinski definition) is 0. The maximum absolute atomic E-state index is 6.12. The Hall–Kier alpha value is -1.61. The Balaban J connectivity index is 2.67. The summed E-state index contributed by atoms with van der Waals surface area (Å²) in [6, 6.07) is 3.81. The molecule has 0 fully saturated rings. The van der Waals surface area contributed by atoms with Gasteiger partial charge < -0.3 is 4.42 Å². The van der Waals surface area contributed by atoms with Crippen molar-refractivity contribution in [3.05, 3.63) is 34.9 Å². The summed E-state index contributed by atoms with van der Waals surface area (Å²) in [7, 11) is 0. The predicted octanol–water partition coefficient (Wildman–Crippen LogP) is 3.65. The molecule has 0 N–H and O–H groups in total. The van der Waals surface area contributed by atoms with Crippen molar-refractivity contribution in [1.82, 2.24) is 9.97 Å². The maximum atomic E-state index is 6.12. The van der Waals surface area contributed by atoms with Crippen LogP contribution in [0.3, 0.4) is 0 Å². The minimum Gasteiger partial charge on any atom is -0.461 e. The third-order valence-corrected chi connectivity index (χ3v) is 3.17. The van der Waals surface area contributed by atoms with Gasteiger partial charge in [-0.25, -0.2) is 9.97 Å². The van der Waals surface area contributed by atoms with E-state index in [1.54, 1.807) is 0 Å². The number of furan rings is 1. The molecule has 3 nitrogen and oxygen atoms in total. The van der Waals surface area contributed by atoms with Crippen molar-refractivity contribution < 1.29 is 4.42 Å². The highest BCUT2D eigenvalue weighted by molar-refractivity contribution is 6.36. The van der Waals surface area contributed by atoms with Gasteiger partial charge in [-0.05, 0) is 31.5 Å². The Bertz CT molecular complexity index is 703. The summed E-state index contributed by atoms with van der Waals surface area (Å²) < 4.78 is 5.65. The van der Waals surface area contributed by atoms with E-state index in [0.717, 1.165) is 33.2 Å². The lowest BCUT2D eigenvalue weighted by Crippen LogP contribution is -1.85. The Morgan fingerprint density at radius 2 is 1.94 bits per heavy atom. The highest BCUT2D eigenvalue weighted by Gasteiger charge is 2.13. The fourth-order valence-corrected chi connectivity index (χ4v) is 2.21. The van der Waals surface area contributed by atoms with E-state index in [1.165, 1.54) is 6.33 Å². The quantitative estimate of drug-likeness (QED) is 0.556. The molecule has 80 valence electrons. The molecule has 1 aromatic carbocycles. The zero-order valence-corrected chi connectivity index (χ0v) is 9.67. The molecule has 0 aliphatic heterocycles. The van der Waals surface area contributed by atoms with Gasteiger partial charge in [-0.3, -0.25) is 0 Å². The Kier molecular flexibility index (Phi) is 1.91. The molecule has 4 heteroatoms. The van der Waals surface area contributed by atoms with Crippen LogP contribution in [-0.4, -0.2) is 9.97 Å². The van der Waals surface area contributed by atoms with E-state index in [1.807, 2.05) is 26.0 Å². The molecule has 0 saturated carbocycles. The van der Waals surface area contributed by atoms with E-state index >= 15 is 0 Å². The van der Waals surface area contributed by atoms with Crippen LogP contribution < -0.4 is 0 Å². The monoisotopic (exact) mass is 232 g/mol. The first kappa shape index (κ1) is 9.60. The van der Waals surface area contributed by atoms with Crippen LogP contribution in [0.2, 0.25) is 5.15 Å². The molecular weight excluding hydrogens is 224 g/mol. The molecule has 3 aromatic rings. The summed E-state index contributed by atoms with van der Waals surface area (Å²) in [5.41, 5.74) is 2.77. The maximum Gasteiger partial charge on any atom is 0.141 e. The molecule has 0 radical (unpaired) electrons.